The van der Waals surface area contributed by atoms with Gasteiger partial charge in [0.05, 0.1) is 20.4 Å². The minimum absolute atomic E-state index is 0.0631. The first-order valence-corrected chi connectivity index (χ1v) is 12.5. The third-order valence-corrected chi connectivity index (χ3v) is 7.10. The summed E-state index contributed by atoms with van der Waals surface area (Å²) in [5, 5.41) is 5.64. The minimum Gasteiger partial charge on any atom is -0.497 e. The van der Waals surface area contributed by atoms with E-state index in [0.717, 1.165) is 12.4 Å². The molecule has 3 aliphatic rings. The van der Waals surface area contributed by atoms with E-state index in [1.807, 2.05) is 53.4 Å². The molecule has 2 N–H and O–H groups in total. The van der Waals surface area contributed by atoms with Gasteiger partial charge in [-0.25, -0.2) is 4.79 Å². The number of nitrogens with one attached hydrogen (secondary N) is 2. The molecule has 10 heteroatoms. The van der Waals surface area contributed by atoms with Crippen LogP contribution in [0.2, 0.25) is 0 Å². The molecule has 1 unspecified atom stereocenters. The summed E-state index contributed by atoms with van der Waals surface area (Å²) >= 11 is 0. The van der Waals surface area contributed by atoms with Crippen LogP contribution in [0.5, 0.6) is 5.75 Å². The smallest absolute Gasteiger partial charge is 0.320 e. The van der Waals surface area contributed by atoms with Gasteiger partial charge in [0.15, 0.2) is 0 Å². The summed E-state index contributed by atoms with van der Waals surface area (Å²) in [6, 6.07) is 15.0. The molecular formula is C27H32N6O4. The van der Waals surface area contributed by atoms with Crippen molar-refractivity contribution in [2.24, 2.45) is 0 Å². The minimum atomic E-state index is -0.824. The van der Waals surface area contributed by atoms with Gasteiger partial charge >= 0.3 is 6.03 Å². The second-order valence-corrected chi connectivity index (χ2v) is 9.60. The molecular weight excluding hydrogens is 472 g/mol. The lowest BCUT2D eigenvalue weighted by Crippen LogP contribution is -2.51. The zero-order valence-corrected chi connectivity index (χ0v) is 21.1. The third kappa shape index (κ3) is 5.18. The van der Waals surface area contributed by atoms with Crippen LogP contribution in [0.4, 0.5) is 10.5 Å². The summed E-state index contributed by atoms with van der Waals surface area (Å²) in [4.78, 5) is 47.2. The lowest BCUT2D eigenvalue weighted by Gasteiger charge is -2.38. The van der Waals surface area contributed by atoms with Crippen LogP contribution in [0.25, 0.3) is 0 Å². The Morgan fingerprint density at radius 1 is 1.00 bits per heavy atom. The zero-order chi connectivity index (χ0) is 25.9. The van der Waals surface area contributed by atoms with E-state index in [0.29, 0.717) is 49.6 Å². The second-order valence-electron chi connectivity index (χ2n) is 9.60. The molecule has 2 saturated heterocycles. The SMILES string of the molecule is COc1ccc(NC(=O)NC(C(=O)N2CCC(N3CN4CN(C)C=C4C3=O)CC2)c2ccccc2)cc1. The van der Waals surface area contributed by atoms with Crippen LogP contribution < -0.4 is 15.4 Å². The van der Waals surface area contributed by atoms with Gasteiger partial charge in [0.2, 0.25) is 5.91 Å². The number of benzene rings is 2. The van der Waals surface area contributed by atoms with Gasteiger partial charge in [-0.05, 0) is 42.7 Å². The maximum absolute atomic E-state index is 13.6. The number of likely N-dealkylation sites (tertiary alicyclic amines) is 1. The van der Waals surface area contributed by atoms with Crippen LogP contribution >= 0.6 is 0 Å². The van der Waals surface area contributed by atoms with Crippen LogP contribution in [0.3, 0.4) is 0 Å². The van der Waals surface area contributed by atoms with Crippen molar-refractivity contribution >= 4 is 23.5 Å². The largest absolute Gasteiger partial charge is 0.497 e. The average molecular weight is 505 g/mol. The van der Waals surface area contributed by atoms with E-state index in [1.54, 1.807) is 36.3 Å². The number of urea groups is 1. The first-order chi connectivity index (χ1) is 17.9. The maximum atomic E-state index is 13.6. The van der Waals surface area contributed by atoms with Crippen molar-refractivity contribution in [2.45, 2.75) is 24.9 Å². The predicted octanol–water partition coefficient (Wildman–Crippen LogP) is 2.40. The molecule has 194 valence electrons. The van der Waals surface area contributed by atoms with E-state index in [4.69, 9.17) is 4.74 Å². The quantitative estimate of drug-likeness (QED) is 0.627. The van der Waals surface area contributed by atoms with Crippen molar-refractivity contribution in [3.8, 4) is 5.75 Å². The number of anilines is 1. The fourth-order valence-corrected chi connectivity index (χ4v) is 5.15. The van der Waals surface area contributed by atoms with Gasteiger partial charge in [0.1, 0.15) is 17.5 Å². The Balaban J connectivity index is 1.22. The summed E-state index contributed by atoms with van der Waals surface area (Å²) < 4.78 is 5.16. The number of rotatable bonds is 6. The summed E-state index contributed by atoms with van der Waals surface area (Å²) in [6.45, 7) is 2.36. The van der Waals surface area contributed by atoms with E-state index < -0.39 is 12.1 Å². The number of carbonyl (C=O) groups is 3. The van der Waals surface area contributed by atoms with Crippen LogP contribution in [0.1, 0.15) is 24.4 Å². The normalized spacial score (nSPS) is 18.4. The van der Waals surface area contributed by atoms with Gasteiger partial charge in [-0.15, -0.1) is 0 Å². The van der Waals surface area contributed by atoms with E-state index in [-0.39, 0.29) is 17.9 Å². The Hall–Kier alpha value is -4.21. The van der Waals surface area contributed by atoms with E-state index in [9.17, 15) is 14.4 Å². The number of nitrogens with zero attached hydrogens (tertiary/aromatic N) is 4. The first-order valence-electron chi connectivity index (χ1n) is 12.5. The van der Waals surface area contributed by atoms with Gasteiger partial charge in [-0.2, -0.15) is 0 Å². The Morgan fingerprint density at radius 2 is 1.70 bits per heavy atom. The van der Waals surface area contributed by atoms with Crippen LogP contribution in [0.15, 0.2) is 66.5 Å². The van der Waals surface area contributed by atoms with Crippen molar-refractivity contribution in [1.82, 2.24) is 24.9 Å². The molecule has 2 aromatic carbocycles. The Bertz CT molecular complexity index is 1180. The number of fused-ring (bicyclic) bond motifs is 1. The van der Waals surface area contributed by atoms with Crippen LogP contribution in [0, 0.1) is 0 Å². The molecule has 0 aliphatic carbocycles. The number of piperidine rings is 1. The van der Waals surface area contributed by atoms with E-state index >= 15 is 0 Å². The number of ether oxygens (including phenoxy) is 1. The van der Waals surface area contributed by atoms with E-state index in [2.05, 4.69) is 15.5 Å². The molecule has 2 aromatic rings. The van der Waals surface area contributed by atoms with Gasteiger partial charge in [-0.3, -0.25) is 9.59 Å². The Kier molecular flexibility index (Phi) is 6.89. The molecule has 0 bridgehead atoms. The van der Waals surface area contributed by atoms with Crippen molar-refractivity contribution in [2.75, 3.05) is 45.9 Å². The number of hydrogen-bond donors (Lipinski definition) is 2. The van der Waals surface area contributed by atoms with Gasteiger partial charge in [0.25, 0.3) is 5.91 Å². The predicted molar refractivity (Wildman–Crippen MR) is 138 cm³/mol. The van der Waals surface area contributed by atoms with Gasteiger partial charge < -0.3 is 35.0 Å². The van der Waals surface area contributed by atoms with Crippen molar-refractivity contribution in [3.05, 3.63) is 72.1 Å². The fourth-order valence-electron chi connectivity index (χ4n) is 5.15. The highest BCUT2D eigenvalue weighted by Gasteiger charge is 2.41. The number of carbonyl (C=O) groups excluding carboxylic acids is 3. The highest BCUT2D eigenvalue weighted by Crippen LogP contribution is 2.30. The van der Waals surface area contributed by atoms with Crippen molar-refractivity contribution in [1.29, 1.82) is 0 Å². The molecule has 1 atom stereocenters. The first kappa shape index (κ1) is 24.5. The molecule has 4 amide bonds. The summed E-state index contributed by atoms with van der Waals surface area (Å²) in [7, 11) is 3.54. The summed E-state index contributed by atoms with van der Waals surface area (Å²) in [6.07, 6.45) is 3.30. The number of hydrogen-bond acceptors (Lipinski definition) is 6. The number of methoxy groups -OCH3 is 1. The topological polar surface area (TPSA) is 97.5 Å². The molecule has 37 heavy (non-hydrogen) atoms. The molecule has 3 heterocycles. The lowest BCUT2D eigenvalue weighted by atomic mass is 10.0. The molecule has 0 aromatic heterocycles. The number of amides is 4. The average Bonchev–Trinajstić information content (AvgIpc) is 3.44. The van der Waals surface area contributed by atoms with E-state index in [1.165, 1.54) is 0 Å². The zero-order valence-electron chi connectivity index (χ0n) is 21.1. The molecule has 0 radical (unpaired) electrons. The summed E-state index contributed by atoms with van der Waals surface area (Å²) in [5.74, 6) is 0.590. The molecule has 0 spiro atoms. The van der Waals surface area contributed by atoms with Crippen LogP contribution in [-0.2, 0) is 9.59 Å². The van der Waals surface area contributed by atoms with Crippen LogP contribution in [-0.4, -0.2) is 84.1 Å². The molecule has 5 rings (SSSR count). The standard InChI is InChI=1S/C27H32N6O4/c1-30-16-23-25(34)33(18-32(23)17-30)21-12-14-31(15-13-21)26(35)24(19-6-4-3-5-7-19)29-27(36)28-20-8-10-22(37-2)11-9-20/h3-11,16,21,24H,12-15,17-18H2,1-2H3,(H2,28,29,36). The third-order valence-electron chi connectivity index (χ3n) is 7.10. The fraction of sp³-hybridized carbons (Fsp3) is 0.370. The molecule has 0 saturated carbocycles. The highest BCUT2D eigenvalue weighted by molar-refractivity contribution is 5.96. The molecule has 3 aliphatic heterocycles. The molecule has 10 nitrogen and oxygen atoms in total. The second kappa shape index (κ2) is 10.4. The Morgan fingerprint density at radius 3 is 2.35 bits per heavy atom. The van der Waals surface area contributed by atoms with Crippen molar-refractivity contribution in [3.63, 3.8) is 0 Å². The lowest BCUT2D eigenvalue weighted by molar-refractivity contribution is -0.135. The Labute approximate surface area is 216 Å². The van der Waals surface area contributed by atoms with Crippen molar-refractivity contribution < 1.29 is 19.1 Å². The monoisotopic (exact) mass is 504 g/mol. The molecule has 2 fully saturated rings. The highest BCUT2D eigenvalue weighted by atomic mass is 16.5. The maximum Gasteiger partial charge on any atom is 0.320 e. The summed E-state index contributed by atoms with van der Waals surface area (Å²) in [5.41, 5.74) is 2.05. The van der Waals surface area contributed by atoms with Gasteiger partial charge in [-0.1, -0.05) is 30.3 Å². The van der Waals surface area contributed by atoms with Gasteiger partial charge in [0, 0.05) is 38.1 Å².